The summed E-state index contributed by atoms with van der Waals surface area (Å²) in [6.07, 6.45) is 1.09. The van der Waals surface area contributed by atoms with Gasteiger partial charge in [0.1, 0.15) is 0 Å². The number of nitrogens with one attached hydrogen (secondary N) is 1. The minimum atomic E-state index is -0.0379. The molecule has 4 nitrogen and oxygen atoms in total. The zero-order chi connectivity index (χ0) is 17.5. The van der Waals surface area contributed by atoms with Crippen molar-refractivity contribution in [2.24, 2.45) is 0 Å². The number of ether oxygens (including phenoxy) is 2. The molecule has 0 heterocycles. The van der Waals surface area contributed by atoms with Crippen molar-refractivity contribution in [2.75, 3.05) is 14.2 Å². The normalized spacial score (nSPS) is 11.7. The van der Waals surface area contributed by atoms with E-state index in [2.05, 4.69) is 5.32 Å². The third-order valence-corrected chi connectivity index (χ3v) is 4.08. The van der Waals surface area contributed by atoms with Crippen molar-refractivity contribution >= 4 is 17.5 Å². The number of hydrogen-bond donors (Lipinski definition) is 1. The molecular weight excluding hydrogens is 326 g/mol. The Balaban J connectivity index is 2.05. The molecule has 24 heavy (non-hydrogen) atoms. The fraction of sp³-hybridized carbons (Fsp3) is 0.316. The van der Waals surface area contributed by atoms with Crippen LogP contribution in [-0.2, 0) is 11.2 Å². The lowest BCUT2D eigenvalue weighted by atomic mass is 10.0. The van der Waals surface area contributed by atoms with E-state index in [-0.39, 0.29) is 18.4 Å². The molecule has 0 aliphatic heterocycles. The van der Waals surface area contributed by atoms with Gasteiger partial charge in [-0.2, -0.15) is 0 Å². The van der Waals surface area contributed by atoms with Crippen molar-refractivity contribution in [1.29, 1.82) is 0 Å². The fourth-order valence-corrected chi connectivity index (χ4v) is 2.66. The zero-order valence-corrected chi connectivity index (χ0v) is 14.9. The molecule has 0 bridgehead atoms. The molecule has 0 saturated carbocycles. The van der Waals surface area contributed by atoms with Gasteiger partial charge >= 0.3 is 0 Å². The van der Waals surface area contributed by atoms with Crippen molar-refractivity contribution in [3.05, 3.63) is 58.6 Å². The maximum absolute atomic E-state index is 12.4. The van der Waals surface area contributed by atoms with Gasteiger partial charge in [0.25, 0.3) is 0 Å². The van der Waals surface area contributed by atoms with Gasteiger partial charge < -0.3 is 14.8 Å². The molecule has 2 aromatic rings. The Bertz CT molecular complexity index is 686. The molecule has 0 radical (unpaired) electrons. The van der Waals surface area contributed by atoms with E-state index < -0.39 is 0 Å². The van der Waals surface area contributed by atoms with Crippen molar-refractivity contribution < 1.29 is 14.3 Å². The van der Waals surface area contributed by atoms with Gasteiger partial charge in [0.05, 0.1) is 26.7 Å². The van der Waals surface area contributed by atoms with Gasteiger partial charge in [0.2, 0.25) is 5.91 Å². The second-order valence-electron chi connectivity index (χ2n) is 5.45. The first kappa shape index (κ1) is 18.1. The van der Waals surface area contributed by atoms with E-state index in [4.69, 9.17) is 21.1 Å². The zero-order valence-electron chi connectivity index (χ0n) is 14.1. The van der Waals surface area contributed by atoms with Crippen LogP contribution < -0.4 is 14.8 Å². The smallest absolute Gasteiger partial charge is 0.224 e. The lowest BCUT2D eigenvalue weighted by Gasteiger charge is -2.18. The molecular formula is C19H22ClNO3. The number of hydrogen-bond acceptors (Lipinski definition) is 3. The molecule has 0 spiro atoms. The molecule has 0 aliphatic carbocycles. The molecule has 1 unspecified atom stereocenters. The molecule has 0 aliphatic rings. The minimum Gasteiger partial charge on any atom is -0.493 e. The maximum Gasteiger partial charge on any atom is 0.224 e. The summed E-state index contributed by atoms with van der Waals surface area (Å²) in [5.41, 5.74) is 1.92. The highest BCUT2D eigenvalue weighted by molar-refractivity contribution is 6.30. The number of benzene rings is 2. The Kier molecular flexibility index (Phi) is 6.50. The summed E-state index contributed by atoms with van der Waals surface area (Å²) in [5, 5.41) is 3.75. The maximum atomic E-state index is 12.4. The van der Waals surface area contributed by atoms with Crippen LogP contribution in [0.15, 0.2) is 42.5 Å². The van der Waals surface area contributed by atoms with Crippen molar-refractivity contribution in [1.82, 2.24) is 5.32 Å². The quantitative estimate of drug-likeness (QED) is 0.817. The SMILES string of the molecule is CCC(NC(=O)Cc1ccc(OC)c(OC)c1)c1ccc(Cl)cc1. The van der Waals surface area contributed by atoms with Crippen LogP contribution in [0, 0.1) is 0 Å². The third-order valence-electron chi connectivity index (χ3n) is 3.83. The highest BCUT2D eigenvalue weighted by Gasteiger charge is 2.14. The number of methoxy groups -OCH3 is 2. The Morgan fingerprint density at radius 3 is 2.33 bits per heavy atom. The van der Waals surface area contributed by atoms with E-state index in [1.807, 2.05) is 43.3 Å². The second-order valence-corrected chi connectivity index (χ2v) is 5.88. The van der Waals surface area contributed by atoms with E-state index >= 15 is 0 Å². The average Bonchev–Trinajstić information content (AvgIpc) is 2.60. The van der Waals surface area contributed by atoms with Gasteiger partial charge in [-0.15, -0.1) is 0 Å². The van der Waals surface area contributed by atoms with Crippen LogP contribution in [0.2, 0.25) is 5.02 Å². The van der Waals surface area contributed by atoms with Crippen molar-refractivity contribution in [2.45, 2.75) is 25.8 Å². The third kappa shape index (κ3) is 4.65. The first-order valence-electron chi connectivity index (χ1n) is 7.83. The number of halogens is 1. The van der Waals surface area contributed by atoms with Gasteiger partial charge in [0.15, 0.2) is 11.5 Å². The van der Waals surface area contributed by atoms with Crippen LogP contribution in [0.25, 0.3) is 0 Å². The standard InChI is InChI=1S/C19H22ClNO3/c1-4-16(14-6-8-15(20)9-7-14)21-19(22)12-13-5-10-17(23-2)18(11-13)24-3/h5-11,16H,4,12H2,1-3H3,(H,21,22). The Labute approximate surface area is 147 Å². The summed E-state index contributed by atoms with van der Waals surface area (Å²) in [5.74, 6) is 1.23. The number of carbonyl (C=O) groups excluding carboxylic acids is 1. The van der Waals surface area contributed by atoms with Gasteiger partial charge in [-0.05, 0) is 41.8 Å². The summed E-state index contributed by atoms with van der Waals surface area (Å²) in [6, 6.07) is 13.0. The predicted molar refractivity (Wildman–Crippen MR) is 95.9 cm³/mol. The molecule has 128 valence electrons. The number of rotatable bonds is 7. The van der Waals surface area contributed by atoms with Crippen LogP contribution in [0.4, 0.5) is 0 Å². The van der Waals surface area contributed by atoms with Crippen LogP contribution in [0.3, 0.4) is 0 Å². The Morgan fingerprint density at radius 2 is 1.75 bits per heavy atom. The topological polar surface area (TPSA) is 47.6 Å². The number of amides is 1. The first-order valence-corrected chi connectivity index (χ1v) is 8.21. The molecule has 0 aromatic heterocycles. The lowest BCUT2D eigenvalue weighted by molar-refractivity contribution is -0.121. The van der Waals surface area contributed by atoms with E-state index in [1.54, 1.807) is 20.3 Å². The Hall–Kier alpha value is -2.20. The Morgan fingerprint density at radius 1 is 1.08 bits per heavy atom. The van der Waals surface area contributed by atoms with E-state index in [9.17, 15) is 4.79 Å². The molecule has 2 aromatic carbocycles. The summed E-state index contributed by atoms with van der Waals surface area (Å²) in [7, 11) is 3.16. The summed E-state index contributed by atoms with van der Waals surface area (Å²) in [6.45, 7) is 2.04. The largest absolute Gasteiger partial charge is 0.493 e. The van der Waals surface area contributed by atoms with Crippen LogP contribution >= 0.6 is 11.6 Å². The summed E-state index contributed by atoms with van der Waals surface area (Å²) < 4.78 is 10.5. The first-order chi connectivity index (χ1) is 11.6. The van der Waals surface area contributed by atoms with Crippen molar-refractivity contribution in [3.63, 3.8) is 0 Å². The summed E-state index contributed by atoms with van der Waals surface area (Å²) >= 11 is 5.92. The monoisotopic (exact) mass is 347 g/mol. The fourth-order valence-electron chi connectivity index (χ4n) is 2.54. The molecule has 0 saturated heterocycles. The van der Waals surface area contributed by atoms with E-state index in [0.29, 0.717) is 16.5 Å². The highest BCUT2D eigenvalue weighted by atomic mass is 35.5. The van der Waals surface area contributed by atoms with Crippen LogP contribution in [-0.4, -0.2) is 20.1 Å². The van der Waals surface area contributed by atoms with Gasteiger partial charge in [0, 0.05) is 5.02 Å². The minimum absolute atomic E-state index is 0.0325. The van der Waals surface area contributed by atoms with E-state index in [0.717, 1.165) is 17.5 Å². The predicted octanol–water partition coefficient (Wildman–Crippen LogP) is 4.17. The molecule has 5 heteroatoms. The molecule has 2 rings (SSSR count). The highest BCUT2D eigenvalue weighted by Crippen LogP contribution is 2.28. The second kappa shape index (κ2) is 8.60. The van der Waals surface area contributed by atoms with Crippen molar-refractivity contribution in [3.8, 4) is 11.5 Å². The van der Waals surface area contributed by atoms with Crippen LogP contribution in [0.5, 0.6) is 11.5 Å². The molecule has 0 fully saturated rings. The van der Waals surface area contributed by atoms with Gasteiger partial charge in [-0.3, -0.25) is 4.79 Å². The molecule has 1 atom stereocenters. The average molecular weight is 348 g/mol. The lowest BCUT2D eigenvalue weighted by Crippen LogP contribution is -2.29. The number of carbonyl (C=O) groups is 1. The summed E-state index contributed by atoms with van der Waals surface area (Å²) in [4.78, 5) is 12.4. The van der Waals surface area contributed by atoms with E-state index in [1.165, 1.54) is 0 Å². The van der Waals surface area contributed by atoms with Gasteiger partial charge in [-0.1, -0.05) is 36.7 Å². The molecule has 1 amide bonds. The van der Waals surface area contributed by atoms with Gasteiger partial charge in [-0.25, -0.2) is 0 Å². The van der Waals surface area contributed by atoms with Crippen LogP contribution in [0.1, 0.15) is 30.5 Å². The molecule has 1 N–H and O–H groups in total.